The van der Waals surface area contributed by atoms with Gasteiger partial charge in [-0.05, 0) is 24.1 Å². The predicted molar refractivity (Wildman–Crippen MR) is 48.9 cm³/mol. The van der Waals surface area contributed by atoms with Crippen molar-refractivity contribution in [3.63, 3.8) is 0 Å². The number of halogens is 2. The molecule has 3 heteroatoms. The van der Waals surface area contributed by atoms with Gasteiger partial charge in [0.25, 0.3) is 0 Å². The Labute approximate surface area is 76.3 Å². The molecule has 0 bridgehead atoms. The second-order valence-electron chi connectivity index (χ2n) is 2.67. The lowest BCUT2D eigenvalue weighted by Gasteiger charge is -2.05. The van der Waals surface area contributed by atoms with E-state index in [1.165, 1.54) is 6.92 Å². The standard InChI is InChI=1S/C9H11ClFN/c1-6(11)7-2-3-8(5-12)9(10)4-7/h2-4,6H,5,12H2,1H3. The Balaban J connectivity index is 3.02. The van der Waals surface area contributed by atoms with Crippen LogP contribution >= 0.6 is 11.6 Å². The Morgan fingerprint density at radius 3 is 2.67 bits per heavy atom. The highest BCUT2D eigenvalue weighted by Crippen LogP contribution is 2.23. The molecule has 12 heavy (non-hydrogen) atoms. The second kappa shape index (κ2) is 3.87. The molecule has 1 nitrogen and oxygen atoms in total. The van der Waals surface area contributed by atoms with Crippen LogP contribution in [0.5, 0.6) is 0 Å². The van der Waals surface area contributed by atoms with Gasteiger partial charge in [0.05, 0.1) is 0 Å². The fraction of sp³-hybridized carbons (Fsp3) is 0.333. The van der Waals surface area contributed by atoms with Crippen molar-refractivity contribution in [2.24, 2.45) is 5.73 Å². The summed E-state index contributed by atoms with van der Waals surface area (Å²) >= 11 is 5.83. The lowest BCUT2D eigenvalue weighted by Crippen LogP contribution is -1.97. The monoisotopic (exact) mass is 187 g/mol. The van der Waals surface area contributed by atoms with Gasteiger partial charge in [-0.2, -0.15) is 0 Å². The van der Waals surface area contributed by atoms with Gasteiger partial charge in [-0.3, -0.25) is 0 Å². The molecule has 2 N–H and O–H groups in total. The molecule has 0 aliphatic heterocycles. The highest BCUT2D eigenvalue weighted by molar-refractivity contribution is 6.31. The Morgan fingerprint density at radius 2 is 2.25 bits per heavy atom. The molecule has 0 fully saturated rings. The van der Waals surface area contributed by atoms with Crippen LogP contribution in [-0.2, 0) is 6.54 Å². The van der Waals surface area contributed by atoms with Gasteiger partial charge in [0.1, 0.15) is 6.17 Å². The number of alkyl halides is 1. The molecule has 1 atom stereocenters. The van der Waals surface area contributed by atoms with Crippen LogP contribution in [0, 0.1) is 0 Å². The molecule has 0 spiro atoms. The molecule has 0 aromatic heterocycles. The zero-order valence-electron chi connectivity index (χ0n) is 6.85. The highest BCUT2D eigenvalue weighted by atomic mass is 35.5. The fourth-order valence-electron chi connectivity index (χ4n) is 0.977. The Bertz CT molecular complexity index is 273. The Hall–Kier alpha value is -0.600. The number of nitrogens with two attached hydrogens (primary N) is 1. The summed E-state index contributed by atoms with van der Waals surface area (Å²) in [5, 5.41) is 0.541. The van der Waals surface area contributed by atoms with E-state index in [0.29, 0.717) is 17.1 Å². The molecule has 1 aromatic carbocycles. The maximum Gasteiger partial charge on any atom is 0.122 e. The molecule has 1 aromatic rings. The molecule has 1 rings (SSSR count). The SMILES string of the molecule is CC(F)c1ccc(CN)c(Cl)c1. The third-order valence-corrected chi connectivity index (χ3v) is 2.11. The minimum atomic E-state index is -0.977. The average molecular weight is 188 g/mol. The van der Waals surface area contributed by atoms with Crippen LogP contribution in [0.4, 0.5) is 4.39 Å². The lowest BCUT2D eigenvalue weighted by molar-refractivity contribution is 0.374. The zero-order valence-corrected chi connectivity index (χ0v) is 7.61. The molecule has 1 unspecified atom stereocenters. The summed E-state index contributed by atoms with van der Waals surface area (Å²) in [4.78, 5) is 0. The summed E-state index contributed by atoms with van der Waals surface area (Å²) < 4.78 is 12.8. The van der Waals surface area contributed by atoms with Crippen LogP contribution in [0.2, 0.25) is 5.02 Å². The molecule has 0 saturated carbocycles. The van der Waals surface area contributed by atoms with Gasteiger partial charge in [-0.25, -0.2) is 4.39 Å². The topological polar surface area (TPSA) is 26.0 Å². The van der Waals surface area contributed by atoms with Crippen LogP contribution in [0.1, 0.15) is 24.2 Å². The molecule has 0 heterocycles. The molecular formula is C9H11ClFN. The number of hydrogen-bond donors (Lipinski definition) is 1. The molecular weight excluding hydrogens is 177 g/mol. The third-order valence-electron chi connectivity index (χ3n) is 1.76. The largest absolute Gasteiger partial charge is 0.326 e. The quantitative estimate of drug-likeness (QED) is 0.757. The Morgan fingerprint density at radius 1 is 1.58 bits per heavy atom. The van der Waals surface area contributed by atoms with E-state index in [0.717, 1.165) is 5.56 Å². The van der Waals surface area contributed by atoms with E-state index in [4.69, 9.17) is 17.3 Å². The summed E-state index contributed by atoms with van der Waals surface area (Å²) in [6, 6.07) is 5.08. The first-order valence-corrected chi connectivity index (χ1v) is 4.15. The van der Waals surface area contributed by atoms with Gasteiger partial charge >= 0.3 is 0 Å². The van der Waals surface area contributed by atoms with E-state index in [1.807, 2.05) is 0 Å². The van der Waals surface area contributed by atoms with Crippen LogP contribution in [-0.4, -0.2) is 0 Å². The van der Waals surface area contributed by atoms with Crippen LogP contribution in [0.25, 0.3) is 0 Å². The van der Waals surface area contributed by atoms with Crippen LogP contribution in [0.3, 0.4) is 0 Å². The average Bonchev–Trinajstić information content (AvgIpc) is 2.04. The summed E-state index contributed by atoms with van der Waals surface area (Å²) in [6.45, 7) is 1.87. The number of benzene rings is 1. The van der Waals surface area contributed by atoms with E-state index in [2.05, 4.69) is 0 Å². The van der Waals surface area contributed by atoms with Crippen molar-refractivity contribution in [1.82, 2.24) is 0 Å². The lowest BCUT2D eigenvalue weighted by atomic mass is 10.1. The van der Waals surface area contributed by atoms with Crippen LogP contribution in [0.15, 0.2) is 18.2 Å². The molecule has 0 aliphatic rings. The molecule has 0 saturated heterocycles. The van der Waals surface area contributed by atoms with Gasteiger partial charge < -0.3 is 5.73 Å². The normalized spacial score (nSPS) is 13.0. The minimum Gasteiger partial charge on any atom is -0.326 e. The highest BCUT2D eigenvalue weighted by Gasteiger charge is 2.05. The van der Waals surface area contributed by atoms with E-state index in [9.17, 15) is 4.39 Å². The van der Waals surface area contributed by atoms with Gasteiger partial charge in [0.2, 0.25) is 0 Å². The molecule has 0 aliphatic carbocycles. The predicted octanol–water partition coefficient (Wildman–Crippen LogP) is 2.83. The van der Waals surface area contributed by atoms with Gasteiger partial charge in [0, 0.05) is 11.6 Å². The van der Waals surface area contributed by atoms with Gasteiger partial charge in [0.15, 0.2) is 0 Å². The van der Waals surface area contributed by atoms with Crippen molar-refractivity contribution in [1.29, 1.82) is 0 Å². The maximum absolute atomic E-state index is 12.8. The molecule has 0 amide bonds. The van der Waals surface area contributed by atoms with E-state index in [-0.39, 0.29) is 0 Å². The van der Waals surface area contributed by atoms with Crippen molar-refractivity contribution >= 4 is 11.6 Å². The first-order valence-electron chi connectivity index (χ1n) is 3.77. The van der Waals surface area contributed by atoms with Crippen molar-refractivity contribution < 1.29 is 4.39 Å². The summed E-state index contributed by atoms with van der Waals surface area (Å²) in [6.07, 6.45) is -0.977. The zero-order chi connectivity index (χ0) is 9.14. The molecule has 66 valence electrons. The second-order valence-corrected chi connectivity index (χ2v) is 3.08. The number of hydrogen-bond acceptors (Lipinski definition) is 1. The van der Waals surface area contributed by atoms with Gasteiger partial charge in [-0.15, -0.1) is 0 Å². The van der Waals surface area contributed by atoms with E-state index in [1.54, 1.807) is 18.2 Å². The summed E-state index contributed by atoms with van der Waals surface area (Å²) in [7, 11) is 0. The smallest absolute Gasteiger partial charge is 0.122 e. The van der Waals surface area contributed by atoms with Gasteiger partial charge in [-0.1, -0.05) is 23.7 Å². The maximum atomic E-state index is 12.8. The van der Waals surface area contributed by atoms with Crippen molar-refractivity contribution in [2.45, 2.75) is 19.6 Å². The number of rotatable bonds is 2. The van der Waals surface area contributed by atoms with Crippen molar-refractivity contribution in [3.8, 4) is 0 Å². The van der Waals surface area contributed by atoms with Crippen LogP contribution < -0.4 is 5.73 Å². The van der Waals surface area contributed by atoms with Crippen molar-refractivity contribution in [2.75, 3.05) is 0 Å². The fourth-order valence-corrected chi connectivity index (χ4v) is 1.24. The third kappa shape index (κ3) is 1.96. The van der Waals surface area contributed by atoms with E-state index >= 15 is 0 Å². The summed E-state index contributed by atoms with van der Waals surface area (Å²) in [5.41, 5.74) is 6.84. The Kier molecular flexibility index (Phi) is 3.06. The summed E-state index contributed by atoms with van der Waals surface area (Å²) in [5.74, 6) is 0. The molecule has 0 radical (unpaired) electrons. The first kappa shape index (κ1) is 9.49. The first-order chi connectivity index (χ1) is 5.65. The van der Waals surface area contributed by atoms with E-state index < -0.39 is 6.17 Å². The van der Waals surface area contributed by atoms with Crippen molar-refractivity contribution in [3.05, 3.63) is 34.3 Å². The minimum absolute atomic E-state index is 0.389.